The summed E-state index contributed by atoms with van der Waals surface area (Å²) in [6, 6.07) is 13.7. The van der Waals surface area contributed by atoms with E-state index in [4.69, 9.17) is 5.53 Å². The fraction of sp³-hybridized carbons (Fsp3) is 0.231. The Balaban J connectivity index is 2.59. The molecule has 4 heteroatoms. The van der Waals surface area contributed by atoms with E-state index in [0.29, 0.717) is 0 Å². The lowest BCUT2D eigenvalue weighted by Gasteiger charge is -2.21. The van der Waals surface area contributed by atoms with Gasteiger partial charge >= 0.3 is 0 Å². The molecule has 1 unspecified atom stereocenters. The third-order valence-corrected chi connectivity index (χ3v) is 2.94. The quantitative estimate of drug-likeness (QED) is 0.487. The van der Waals surface area contributed by atoms with Crippen molar-refractivity contribution in [3.63, 3.8) is 0 Å². The smallest absolute Gasteiger partial charge is 0.0940 e. The van der Waals surface area contributed by atoms with E-state index >= 15 is 0 Å². The van der Waals surface area contributed by atoms with Gasteiger partial charge in [-0.3, -0.25) is 0 Å². The molecule has 0 aliphatic rings. The van der Waals surface area contributed by atoms with Gasteiger partial charge in [-0.1, -0.05) is 47.6 Å². The van der Waals surface area contributed by atoms with Crippen LogP contribution in [0.5, 0.6) is 0 Å². The molecule has 2 rings (SSSR count). The SMILES string of the molecule is CC(CO)(N=[N+]=[N-])c1ccc2ccccc2c1. The maximum absolute atomic E-state index is 9.38. The van der Waals surface area contributed by atoms with Gasteiger partial charge in [-0.15, -0.1) is 0 Å². The summed E-state index contributed by atoms with van der Waals surface area (Å²) >= 11 is 0. The average molecular weight is 227 g/mol. The van der Waals surface area contributed by atoms with Crippen LogP contribution in [0.25, 0.3) is 21.2 Å². The molecule has 0 spiro atoms. The second-order valence-corrected chi connectivity index (χ2v) is 4.18. The minimum Gasteiger partial charge on any atom is -0.395 e. The highest BCUT2D eigenvalue weighted by molar-refractivity contribution is 5.83. The average Bonchev–Trinajstić information content (AvgIpc) is 2.38. The first-order valence-corrected chi connectivity index (χ1v) is 5.36. The first-order chi connectivity index (χ1) is 8.19. The molecule has 0 saturated heterocycles. The molecule has 0 aromatic heterocycles. The number of aliphatic hydroxyl groups excluding tert-OH is 1. The number of nitrogens with zero attached hydrogens (tertiary/aromatic N) is 3. The molecule has 2 aromatic rings. The van der Waals surface area contributed by atoms with Gasteiger partial charge in [0.05, 0.1) is 12.1 Å². The van der Waals surface area contributed by atoms with E-state index in [1.807, 2.05) is 42.5 Å². The van der Waals surface area contributed by atoms with Crippen molar-refractivity contribution >= 4 is 10.8 Å². The standard InChI is InChI=1S/C13H13N3O/c1-13(9-17,15-16-14)12-7-6-10-4-2-3-5-11(10)8-12/h2-8,17H,9H2,1H3. The number of hydrogen-bond acceptors (Lipinski definition) is 2. The van der Waals surface area contributed by atoms with Gasteiger partial charge in [0, 0.05) is 4.91 Å². The first kappa shape index (κ1) is 11.5. The molecule has 17 heavy (non-hydrogen) atoms. The molecule has 2 aromatic carbocycles. The second kappa shape index (κ2) is 4.45. The van der Waals surface area contributed by atoms with Crippen LogP contribution < -0.4 is 0 Å². The molecule has 4 nitrogen and oxygen atoms in total. The number of azide groups is 1. The van der Waals surface area contributed by atoms with Crippen molar-refractivity contribution in [2.45, 2.75) is 12.5 Å². The highest BCUT2D eigenvalue weighted by atomic mass is 16.3. The molecular formula is C13H13N3O. The van der Waals surface area contributed by atoms with Crippen molar-refractivity contribution in [2.24, 2.45) is 5.11 Å². The van der Waals surface area contributed by atoms with Crippen LogP contribution >= 0.6 is 0 Å². The Morgan fingerprint density at radius 2 is 1.94 bits per heavy atom. The Labute approximate surface area is 99.1 Å². The van der Waals surface area contributed by atoms with Crippen LogP contribution in [0.3, 0.4) is 0 Å². The molecule has 0 aliphatic heterocycles. The summed E-state index contributed by atoms with van der Waals surface area (Å²) in [5.41, 5.74) is 8.47. The summed E-state index contributed by atoms with van der Waals surface area (Å²) in [6.45, 7) is 1.51. The van der Waals surface area contributed by atoms with Gasteiger partial charge in [-0.05, 0) is 28.8 Å². The van der Waals surface area contributed by atoms with Crippen molar-refractivity contribution in [1.82, 2.24) is 0 Å². The predicted octanol–water partition coefficient (Wildman–Crippen LogP) is 3.36. The number of rotatable bonds is 3. The van der Waals surface area contributed by atoms with Crippen molar-refractivity contribution < 1.29 is 5.11 Å². The number of fused-ring (bicyclic) bond motifs is 1. The van der Waals surface area contributed by atoms with Crippen LogP contribution in [-0.4, -0.2) is 11.7 Å². The Bertz CT molecular complexity index is 590. The first-order valence-electron chi connectivity index (χ1n) is 5.36. The molecule has 0 bridgehead atoms. The lowest BCUT2D eigenvalue weighted by Crippen LogP contribution is -2.23. The van der Waals surface area contributed by atoms with Gasteiger partial charge in [-0.2, -0.15) is 0 Å². The van der Waals surface area contributed by atoms with Crippen LogP contribution in [-0.2, 0) is 5.54 Å². The predicted molar refractivity (Wildman–Crippen MR) is 67.5 cm³/mol. The van der Waals surface area contributed by atoms with E-state index < -0.39 is 5.54 Å². The molecule has 0 amide bonds. The van der Waals surface area contributed by atoms with Crippen LogP contribution in [0.4, 0.5) is 0 Å². The molecule has 0 saturated carbocycles. The van der Waals surface area contributed by atoms with E-state index in [-0.39, 0.29) is 6.61 Å². The van der Waals surface area contributed by atoms with E-state index in [1.165, 1.54) is 0 Å². The zero-order chi connectivity index (χ0) is 12.3. The van der Waals surface area contributed by atoms with Crippen molar-refractivity contribution in [3.05, 3.63) is 58.5 Å². The normalized spacial score (nSPS) is 14.0. The molecule has 0 fully saturated rings. The maximum Gasteiger partial charge on any atom is 0.0940 e. The number of hydrogen-bond donors (Lipinski definition) is 1. The Morgan fingerprint density at radius 1 is 1.24 bits per heavy atom. The summed E-state index contributed by atoms with van der Waals surface area (Å²) < 4.78 is 0. The fourth-order valence-corrected chi connectivity index (χ4v) is 1.80. The van der Waals surface area contributed by atoms with Gasteiger partial charge in [-0.25, -0.2) is 0 Å². The summed E-state index contributed by atoms with van der Waals surface area (Å²) in [4.78, 5) is 2.80. The summed E-state index contributed by atoms with van der Waals surface area (Å²) in [7, 11) is 0. The van der Waals surface area contributed by atoms with Crippen molar-refractivity contribution in [3.8, 4) is 0 Å². The summed E-state index contributed by atoms with van der Waals surface area (Å²) in [5, 5.41) is 15.2. The summed E-state index contributed by atoms with van der Waals surface area (Å²) in [5.74, 6) is 0. The molecule has 86 valence electrons. The lowest BCUT2D eigenvalue weighted by atomic mass is 9.92. The highest BCUT2D eigenvalue weighted by Crippen LogP contribution is 2.28. The third-order valence-electron chi connectivity index (χ3n) is 2.94. The van der Waals surface area contributed by atoms with Crippen LogP contribution in [0.15, 0.2) is 47.6 Å². The zero-order valence-corrected chi connectivity index (χ0v) is 9.54. The van der Waals surface area contributed by atoms with Crippen molar-refractivity contribution in [2.75, 3.05) is 6.61 Å². The third kappa shape index (κ3) is 2.09. The van der Waals surface area contributed by atoms with Gasteiger partial charge in [0.15, 0.2) is 0 Å². The Hall–Kier alpha value is -2.03. The van der Waals surface area contributed by atoms with E-state index in [0.717, 1.165) is 16.3 Å². The molecule has 0 radical (unpaired) electrons. The van der Waals surface area contributed by atoms with Crippen LogP contribution in [0.1, 0.15) is 12.5 Å². The maximum atomic E-state index is 9.38. The summed E-state index contributed by atoms with van der Waals surface area (Å²) in [6.07, 6.45) is 0. The highest BCUT2D eigenvalue weighted by Gasteiger charge is 2.24. The molecule has 0 aliphatic carbocycles. The zero-order valence-electron chi connectivity index (χ0n) is 9.54. The van der Waals surface area contributed by atoms with Crippen LogP contribution in [0, 0.1) is 0 Å². The molecule has 1 atom stereocenters. The van der Waals surface area contributed by atoms with Crippen molar-refractivity contribution in [1.29, 1.82) is 0 Å². The van der Waals surface area contributed by atoms with E-state index in [9.17, 15) is 5.11 Å². The van der Waals surface area contributed by atoms with Gasteiger partial charge < -0.3 is 5.11 Å². The van der Waals surface area contributed by atoms with Gasteiger partial charge in [0.1, 0.15) is 0 Å². The minimum absolute atomic E-state index is 0.213. The van der Waals surface area contributed by atoms with Crippen LogP contribution in [0.2, 0.25) is 0 Å². The minimum atomic E-state index is -0.904. The monoisotopic (exact) mass is 227 g/mol. The largest absolute Gasteiger partial charge is 0.395 e. The van der Waals surface area contributed by atoms with E-state index in [2.05, 4.69) is 10.0 Å². The van der Waals surface area contributed by atoms with Gasteiger partial charge in [0.2, 0.25) is 0 Å². The fourth-order valence-electron chi connectivity index (χ4n) is 1.80. The topological polar surface area (TPSA) is 69.0 Å². The number of benzene rings is 2. The van der Waals surface area contributed by atoms with Gasteiger partial charge in [0.25, 0.3) is 0 Å². The van der Waals surface area contributed by atoms with E-state index in [1.54, 1.807) is 6.92 Å². The number of aliphatic hydroxyl groups is 1. The second-order valence-electron chi connectivity index (χ2n) is 4.18. The molecular weight excluding hydrogens is 214 g/mol. The lowest BCUT2D eigenvalue weighted by molar-refractivity contribution is 0.210. The Kier molecular flexibility index (Phi) is 3.00. The molecule has 0 heterocycles. The molecule has 1 N–H and O–H groups in total. The Morgan fingerprint density at radius 3 is 2.59 bits per heavy atom.